The van der Waals surface area contributed by atoms with Gasteiger partial charge in [0.1, 0.15) is 5.76 Å². The van der Waals surface area contributed by atoms with Crippen LogP contribution in [0.5, 0.6) is 0 Å². The highest BCUT2D eigenvalue weighted by molar-refractivity contribution is 7.99. The van der Waals surface area contributed by atoms with Gasteiger partial charge in [-0.2, -0.15) is 10.1 Å². The molecule has 0 unspecified atom stereocenters. The third kappa shape index (κ3) is 5.72. The van der Waals surface area contributed by atoms with Crippen molar-refractivity contribution in [3.63, 3.8) is 0 Å². The molecule has 2 amide bonds. The van der Waals surface area contributed by atoms with Gasteiger partial charge in [-0.25, -0.2) is 10.5 Å². The molecule has 11 heteroatoms. The van der Waals surface area contributed by atoms with E-state index in [1.807, 2.05) is 24.3 Å². The number of anilines is 3. The highest BCUT2D eigenvalue weighted by Crippen LogP contribution is 2.24. The lowest BCUT2D eigenvalue weighted by atomic mass is 10.2. The third-order valence-electron chi connectivity index (χ3n) is 4.45. The smallest absolute Gasteiger partial charge is 0.240 e. The van der Waals surface area contributed by atoms with Crippen LogP contribution in [0.4, 0.5) is 17.3 Å². The first-order valence-electron chi connectivity index (χ1n) is 9.75. The zero-order valence-corrected chi connectivity index (χ0v) is 17.4. The van der Waals surface area contributed by atoms with Crippen molar-refractivity contribution >= 4 is 47.1 Å². The number of aromatic amines is 1. The number of nitrogens with zero attached hydrogens (tertiary/aromatic N) is 4. The van der Waals surface area contributed by atoms with E-state index in [9.17, 15) is 9.59 Å². The maximum Gasteiger partial charge on any atom is 0.240 e. The summed E-state index contributed by atoms with van der Waals surface area (Å²) in [5, 5.41) is 14.2. The van der Waals surface area contributed by atoms with Crippen LogP contribution in [-0.2, 0) is 9.59 Å². The Balaban J connectivity index is 1.21. The number of aromatic nitrogens is 3. The summed E-state index contributed by atoms with van der Waals surface area (Å²) in [6.45, 7) is 0.717. The number of hydrazone groups is 1. The zero-order valence-electron chi connectivity index (χ0n) is 16.6. The van der Waals surface area contributed by atoms with Crippen LogP contribution in [0.15, 0.2) is 57.3 Å². The van der Waals surface area contributed by atoms with Gasteiger partial charge in [-0.3, -0.25) is 9.59 Å². The van der Waals surface area contributed by atoms with Crippen LogP contribution < -0.4 is 15.6 Å². The molecule has 3 heterocycles. The van der Waals surface area contributed by atoms with Gasteiger partial charge >= 0.3 is 0 Å². The molecule has 4 rings (SSSR count). The molecule has 3 aromatic rings. The van der Waals surface area contributed by atoms with E-state index in [0.29, 0.717) is 47.7 Å². The molecule has 1 aliphatic heterocycles. The molecule has 1 aromatic carbocycles. The normalized spacial score (nSPS) is 13.8. The SMILES string of the molecule is O=C(CCSc1n[nH]c(N/N=C\c2ccco2)n1)Nc1cccc(N2CCCC2=O)c1. The van der Waals surface area contributed by atoms with E-state index in [1.165, 1.54) is 18.0 Å². The lowest BCUT2D eigenvalue weighted by Crippen LogP contribution is -2.23. The molecular formula is C20H21N7O3S. The van der Waals surface area contributed by atoms with Gasteiger partial charge in [0, 0.05) is 36.5 Å². The van der Waals surface area contributed by atoms with Crippen molar-refractivity contribution < 1.29 is 14.0 Å². The standard InChI is InChI=1S/C20H21N7O3S/c28-17(22-14-4-1-5-15(12-14)27-9-2-7-18(27)29)8-11-31-20-23-19(25-26-20)24-21-13-16-6-3-10-30-16/h1,3-6,10,12-13H,2,7-9,11H2,(H,22,28)(H2,23,24,25,26)/b21-13-. The van der Waals surface area contributed by atoms with Gasteiger partial charge < -0.3 is 14.6 Å². The molecule has 160 valence electrons. The number of furan rings is 1. The molecule has 1 saturated heterocycles. The quantitative estimate of drug-likeness (QED) is 0.265. The van der Waals surface area contributed by atoms with Gasteiger partial charge in [-0.05, 0) is 36.8 Å². The summed E-state index contributed by atoms with van der Waals surface area (Å²) in [5.41, 5.74) is 4.21. The number of amides is 2. The van der Waals surface area contributed by atoms with Crippen LogP contribution in [-0.4, -0.2) is 45.5 Å². The number of nitrogens with one attached hydrogen (secondary N) is 3. The lowest BCUT2D eigenvalue weighted by Gasteiger charge is -2.16. The number of benzene rings is 1. The van der Waals surface area contributed by atoms with Gasteiger partial charge in [0.15, 0.2) is 0 Å². The first kappa shape index (κ1) is 20.7. The van der Waals surface area contributed by atoms with E-state index in [4.69, 9.17) is 4.42 Å². The van der Waals surface area contributed by atoms with Gasteiger partial charge in [0.2, 0.25) is 22.9 Å². The zero-order chi connectivity index (χ0) is 21.5. The minimum Gasteiger partial charge on any atom is -0.463 e. The fraction of sp³-hybridized carbons (Fsp3) is 0.250. The van der Waals surface area contributed by atoms with E-state index < -0.39 is 0 Å². The van der Waals surface area contributed by atoms with Crippen LogP contribution in [0.2, 0.25) is 0 Å². The maximum absolute atomic E-state index is 12.3. The molecule has 31 heavy (non-hydrogen) atoms. The maximum atomic E-state index is 12.3. The molecule has 0 radical (unpaired) electrons. The Bertz CT molecular complexity index is 1060. The summed E-state index contributed by atoms with van der Waals surface area (Å²) < 4.78 is 5.14. The first-order chi connectivity index (χ1) is 15.2. The largest absolute Gasteiger partial charge is 0.463 e. The Hall–Kier alpha value is -3.60. The summed E-state index contributed by atoms with van der Waals surface area (Å²) in [4.78, 5) is 30.2. The molecule has 1 fully saturated rings. The molecule has 0 aliphatic carbocycles. The minimum atomic E-state index is -0.116. The third-order valence-corrected chi connectivity index (χ3v) is 5.29. The predicted octanol–water partition coefficient (Wildman–Crippen LogP) is 3.09. The number of rotatable bonds is 9. The van der Waals surface area contributed by atoms with Crippen molar-refractivity contribution in [1.82, 2.24) is 15.2 Å². The molecule has 0 bridgehead atoms. The van der Waals surface area contributed by atoms with Crippen molar-refractivity contribution in [3.05, 3.63) is 48.4 Å². The summed E-state index contributed by atoms with van der Waals surface area (Å²) in [6, 6.07) is 10.9. The fourth-order valence-corrected chi connectivity index (χ4v) is 3.75. The molecule has 0 saturated carbocycles. The lowest BCUT2D eigenvalue weighted by molar-refractivity contribution is -0.117. The Kier molecular flexibility index (Phi) is 6.62. The molecular weight excluding hydrogens is 418 g/mol. The van der Waals surface area contributed by atoms with E-state index in [1.54, 1.807) is 23.3 Å². The molecule has 2 aromatic heterocycles. The first-order valence-corrected chi connectivity index (χ1v) is 10.7. The molecule has 0 spiro atoms. The van der Waals surface area contributed by atoms with Gasteiger partial charge in [-0.15, -0.1) is 5.10 Å². The second-order valence-corrected chi connectivity index (χ2v) is 7.76. The van der Waals surface area contributed by atoms with Gasteiger partial charge in [0.25, 0.3) is 0 Å². The average molecular weight is 440 g/mol. The Morgan fingerprint density at radius 3 is 3.10 bits per heavy atom. The van der Waals surface area contributed by atoms with E-state index in [2.05, 4.69) is 31.0 Å². The van der Waals surface area contributed by atoms with Crippen LogP contribution in [0, 0.1) is 0 Å². The van der Waals surface area contributed by atoms with Crippen LogP contribution in [0.3, 0.4) is 0 Å². The van der Waals surface area contributed by atoms with E-state index >= 15 is 0 Å². The summed E-state index contributed by atoms with van der Waals surface area (Å²) in [7, 11) is 0. The fourth-order valence-electron chi connectivity index (χ4n) is 3.01. The molecule has 0 atom stereocenters. The number of carbonyl (C=O) groups excluding carboxylic acids is 2. The Morgan fingerprint density at radius 2 is 2.29 bits per heavy atom. The number of thioether (sulfide) groups is 1. The minimum absolute atomic E-state index is 0.116. The monoisotopic (exact) mass is 439 g/mol. The second-order valence-electron chi connectivity index (χ2n) is 6.70. The van der Waals surface area contributed by atoms with Crippen molar-refractivity contribution in [3.8, 4) is 0 Å². The predicted molar refractivity (Wildman–Crippen MR) is 118 cm³/mol. The van der Waals surface area contributed by atoms with E-state index in [0.717, 1.165) is 12.1 Å². The summed E-state index contributed by atoms with van der Waals surface area (Å²) in [6.07, 6.45) is 4.82. The van der Waals surface area contributed by atoms with Crippen LogP contribution in [0.25, 0.3) is 0 Å². The number of hydrogen-bond donors (Lipinski definition) is 3. The van der Waals surface area contributed by atoms with Crippen LogP contribution in [0.1, 0.15) is 25.0 Å². The Morgan fingerprint density at radius 1 is 1.35 bits per heavy atom. The molecule has 1 aliphatic rings. The highest BCUT2D eigenvalue weighted by atomic mass is 32.2. The summed E-state index contributed by atoms with van der Waals surface area (Å²) in [5.74, 6) is 1.53. The highest BCUT2D eigenvalue weighted by Gasteiger charge is 2.21. The van der Waals surface area contributed by atoms with E-state index in [-0.39, 0.29) is 11.8 Å². The van der Waals surface area contributed by atoms with Crippen molar-refractivity contribution in [2.75, 3.05) is 27.9 Å². The molecule has 10 nitrogen and oxygen atoms in total. The van der Waals surface area contributed by atoms with Crippen LogP contribution >= 0.6 is 11.8 Å². The van der Waals surface area contributed by atoms with Crippen molar-refractivity contribution in [2.45, 2.75) is 24.4 Å². The summed E-state index contributed by atoms with van der Waals surface area (Å²) >= 11 is 1.36. The second kappa shape index (κ2) is 9.94. The van der Waals surface area contributed by atoms with Crippen molar-refractivity contribution in [1.29, 1.82) is 0 Å². The van der Waals surface area contributed by atoms with Gasteiger partial charge in [0.05, 0.1) is 12.5 Å². The topological polar surface area (TPSA) is 129 Å². The average Bonchev–Trinajstić information content (AvgIpc) is 3.51. The number of hydrogen-bond acceptors (Lipinski definition) is 8. The van der Waals surface area contributed by atoms with Crippen molar-refractivity contribution in [2.24, 2.45) is 5.10 Å². The molecule has 3 N–H and O–H groups in total. The number of carbonyl (C=O) groups is 2. The van der Waals surface area contributed by atoms with Gasteiger partial charge in [-0.1, -0.05) is 17.8 Å². The Labute approximate surface area is 182 Å². The number of H-pyrrole nitrogens is 1.